The molecular formula is C16H15F5N5SZn-. The number of rotatable bonds is 4. The zero-order valence-electron chi connectivity index (χ0n) is 15.2. The van der Waals surface area contributed by atoms with Crippen LogP contribution in [0.15, 0.2) is 22.9 Å². The number of hydrogen-bond acceptors (Lipinski definition) is 4. The third-order valence-electron chi connectivity index (χ3n) is 3.93. The molecule has 2 aromatic heterocycles. The first-order valence-electron chi connectivity index (χ1n) is 7.82. The number of aryl methyl sites for hydroxylation is 1. The molecule has 0 aromatic carbocycles. The summed E-state index contributed by atoms with van der Waals surface area (Å²) in [6.07, 6.45) is -0.464. The maximum absolute atomic E-state index is 13.8. The van der Waals surface area contributed by atoms with Crippen LogP contribution in [0.25, 0.3) is 17.6 Å². The predicted octanol–water partition coefficient (Wildman–Crippen LogP) is 4.25. The van der Waals surface area contributed by atoms with Crippen molar-refractivity contribution in [2.75, 3.05) is 11.1 Å². The van der Waals surface area contributed by atoms with Crippen molar-refractivity contribution in [3.8, 4) is 11.5 Å². The number of anilines is 1. The van der Waals surface area contributed by atoms with Gasteiger partial charge in [0.25, 0.3) is 0 Å². The summed E-state index contributed by atoms with van der Waals surface area (Å²) in [4.78, 5) is 8.44. The summed E-state index contributed by atoms with van der Waals surface area (Å²) in [6.45, 7) is 1.95. The molecule has 148 valence electrons. The molecule has 0 aliphatic carbocycles. The number of fused-ring (bicyclic) bond motifs is 1. The Morgan fingerprint density at radius 2 is 1.89 bits per heavy atom. The number of allylic oxidation sites excluding steroid dienone is 2. The molecule has 12 heteroatoms. The van der Waals surface area contributed by atoms with Gasteiger partial charge in [0.2, 0.25) is 0 Å². The Balaban J connectivity index is 0.00000280. The van der Waals surface area contributed by atoms with E-state index >= 15 is 0 Å². The zero-order valence-corrected chi connectivity index (χ0v) is 19.0. The minimum absolute atomic E-state index is 0. The Kier molecular flexibility index (Phi) is 6.45. The second-order valence-corrected chi connectivity index (χ2v) is 6.99. The van der Waals surface area contributed by atoms with Gasteiger partial charge in [0.05, 0.1) is 5.82 Å². The second kappa shape index (κ2) is 7.98. The first-order valence-corrected chi connectivity index (χ1v) is 8.80. The average Bonchev–Trinajstić information content (AvgIpc) is 2.98. The van der Waals surface area contributed by atoms with Crippen LogP contribution >= 0.6 is 11.8 Å². The quantitative estimate of drug-likeness (QED) is 0.315. The van der Waals surface area contributed by atoms with Crippen LogP contribution in [0, 0.1) is 6.33 Å². The van der Waals surface area contributed by atoms with Crippen molar-refractivity contribution in [1.29, 1.82) is 0 Å². The van der Waals surface area contributed by atoms with Crippen molar-refractivity contribution in [3.05, 3.63) is 29.9 Å². The van der Waals surface area contributed by atoms with Gasteiger partial charge in [0.15, 0.2) is 0 Å². The molecule has 0 fully saturated rings. The molecule has 0 saturated heterocycles. The third kappa shape index (κ3) is 3.76. The maximum Gasteiger partial charge on any atom is 0.458 e. The maximum atomic E-state index is 13.8. The number of halogens is 5. The number of nitrogens with zero attached hydrogens (tertiary/aromatic N) is 4. The minimum atomic E-state index is -5.70. The number of alkyl halides is 5. The molecule has 0 spiro atoms. The second-order valence-electron chi connectivity index (χ2n) is 5.74. The van der Waals surface area contributed by atoms with Gasteiger partial charge in [-0.05, 0) is 30.6 Å². The van der Waals surface area contributed by atoms with E-state index in [-0.39, 0.29) is 31.0 Å². The van der Waals surface area contributed by atoms with E-state index in [1.807, 2.05) is 6.92 Å². The van der Waals surface area contributed by atoms with Crippen LogP contribution < -0.4 is 5.32 Å². The number of thioether (sulfide) groups is 1. The Bertz CT molecular complexity index is 929. The van der Waals surface area contributed by atoms with Crippen LogP contribution in [-0.2, 0) is 33.6 Å². The van der Waals surface area contributed by atoms with Crippen molar-refractivity contribution in [2.45, 2.75) is 24.0 Å². The first-order chi connectivity index (χ1) is 12.6. The SMILES string of the molecule is CCSc1c(-c2nc3c(n2C)NC=CC(C(F)(F)C(F)(F)F)=C3)n[c-]n1C.[Zn]. The monoisotopic (exact) mass is 468 g/mol. The molecule has 1 aliphatic rings. The molecule has 0 atom stereocenters. The van der Waals surface area contributed by atoms with Crippen LogP contribution in [0.1, 0.15) is 12.6 Å². The largest absolute Gasteiger partial charge is 0.458 e. The summed E-state index contributed by atoms with van der Waals surface area (Å²) < 4.78 is 68.9. The summed E-state index contributed by atoms with van der Waals surface area (Å²) in [7, 11) is 3.38. The van der Waals surface area contributed by atoms with E-state index in [1.165, 1.54) is 11.8 Å². The van der Waals surface area contributed by atoms with E-state index in [4.69, 9.17) is 0 Å². The molecule has 28 heavy (non-hydrogen) atoms. The molecule has 0 unspecified atom stereocenters. The molecule has 5 nitrogen and oxygen atoms in total. The summed E-state index contributed by atoms with van der Waals surface area (Å²) in [5.74, 6) is -3.62. The minimum Gasteiger partial charge on any atom is -0.444 e. The third-order valence-corrected chi connectivity index (χ3v) is 4.96. The van der Waals surface area contributed by atoms with E-state index in [2.05, 4.69) is 21.6 Å². The van der Waals surface area contributed by atoms with Crippen LogP contribution in [0.2, 0.25) is 0 Å². The van der Waals surface area contributed by atoms with Crippen LogP contribution in [-0.4, -0.2) is 37.0 Å². The topological polar surface area (TPSA) is 47.7 Å². The summed E-state index contributed by atoms with van der Waals surface area (Å²) in [6, 6.07) is 0. The molecule has 3 heterocycles. The van der Waals surface area contributed by atoms with E-state index in [9.17, 15) is 22.0 Å². The fourth-order valence-electron chi connectivity index (χ4n) is 2.59. The van der Waals surface area contributed by atoms with Gasteiger partial charge in [-0.15, -0.1) is 0 Å². The zero-order chi connectivity index (χ0) is 20.0. The van der Waals surface area contributed by atoms with Crippen molar-refractivity contribution >= 4 is 23.7 Å². The first kappa shape index (κ1) is 22.6. The molecule has 1 aliphatic heterocycles. The number of hydrogen-bond donors (Lipinski definition) is 1. The Labute approximate surface area is 174 Å². The smallest absolute Gasteiger partial charge is 0.444 e. The number of aromatic nitrogens is 4. The predicted molar refractivity (Wildman–Crippen MR) is 92.4 cm³/mol. The number of imidazole rings is 2. The van der Waals surface area contributed by atoms with E-state index < -0.39 is 17.7 Å². The molecular weight excluding hydrogens is 455 g/mol. The average molecular weight is 470 g/mol. The van der Waals surface area contributed by atoms with Crippen molar-refractivity contribution < 1.29 is 41.4 Å². The Morgan fingerprint density at radius 1 is 1.21 bits per heavy atom. The fourth-order valence-corrected chi connectivity index (χ4v) is 3.37. The van der Waals surface area contributed by atoms with Crippen LogP contribution in [0.3, 0.4) is 0 Å². The molecule has 0 bridgehead atoms. The van der Waals surface area contributed by atoms with Gasteiger partial charge in [-0.2, -0.15) is 33.7 Å². The van der Waals surface area contributed by atoms with Gasteiger partial charge in [-0.3, -0.25) is 0 Å². The normalized spacial score (nSPS) is 14.1. The summed E-state index contributed by atoms with van der Waals surface area (Å²) in [5, 5.41) is 3.48. The van der Waals surface area contributed by atoms with Crippen molar-refractivity contribution in [1.82, 2.24) is 19.1 Å². The molecule has 3 rings (SSSR count). The van der Waals surface area contributed by atoms with Crippen molar-refractivity contribution in [3.63, 3.8) is 0 Å². The van der Waals surface area contributed by atoms with Gasteiger partial charge in [0.1, 0.15) is 11.5 Å². The Hall–Kier alpha value is -1.68. The molecule has 2 aromatic rings. The van der Waals surface area contributed by atoms with Crippen LogP contribution in [0.4, 0.5) is 27.8 Å². The van der Waals surface area contributed by atoms with Crippen molar-refractivity contribution in [2.24, 2.45) is 14.1 Å². The molecule has 0 amide bonds. The van der Waals surface area contributed by atoms with Gasteiger partial charge < -0.3 is 19.4 Å². The molecule has 0 radical (unpaired) electrons. The fraction of sp³-hybridized carbons (Fsp3) is 0.375. The van der Waals surface area contributed by atoms with Gasteiger partial charge in [-0.25, -0.2) is 4.98 Å². The summed E-state index contributed by atoms with van der Waals surface area (Å²) in [5.41, 5.74) is -0.751. The van der Waals surface area contributed by atoms with Gasteiger partial charge in [-0.1, -0.05) is 11.9 Å². The van der Waals surface area contributed by atoms with E-state index in [0.717, 1.165) is 23.1 Å². The molecule has 0 saturated carbocycles. The van der Waals surface area contributed by atoms with E-state index in [0.29, 0.717) is 17.6 Å². The Morgan fingerprint density at radius 3 is 2.50 bits per heavy atom. The van der Waals surface area contributed by atoms with Gasteiger partial charge in [0, 0.05) is 44.6 Å². The molecule has 1 N–H and O–H groups in total. The van der Waals surface area contributed by atoms with E-state index in [1.54, 1.807) is 23.2 Å². The number of nitrogens with one attached hydrogen (secondary N) is 1. The van der Waals surface area contributed by atoms with Gasteiger partial charge >= 0.3 is 12.1 Å². The standard InChI is InChI=1S/C16H15F5N5S.Zn/c1-4-27-14-11(23-8-25(14)2)13-24-10-7-9(15(17,18)16(19,20)21)5-6-22-12(10)26(13)3;/h5-7,22H,4H2,1-3H3;/q-1;. The summed E-state index contributed by atoms with van der Waals surface area (Å²) >= 11 is 1.49. The van der Waals surface area contributed by atoms with Crippen LogP contribution in [0.5, 0.6) is 0 Å².